The number of nitrogens with one attached hydrogen (secondary N) is 1. The number of amides is 1. The zero-order valence-corrected chi connectivity index (χ0v) is 14.9. The molecule has 0 bridgehead atoms. The molecule has 0 aliphatic heterocycles. The Morgan fingerprint density at radius 2 is 1.96 bits per heavy atom. The van der Waals surface area contributed by atoms with Crippen LogP contribution in [-0.2, 0) is 4.79 Å². The highest BCUT2D eigenvalue weighted by molar-refractivity contribution is 6.31. The van der Waals surface area contributed by atoms with E-state index in [4.69, 9.17) is 16.3 Å². The Labute approximate surface area is 156 Å². The monoisotopic (exact) mass is 372 g/mol. The normalized spacial score (nSPS) is 11.8. The highest BCUT2D eigenvalue weighted by Gasteiger charge is 2.19. The molecule has 0 saturated heterocycles. The van der Waals surface area contributed by atoms with Gasteiger partial charge in [-0.3, -0.25) is 4.79 Å². The third-order valence-corrected chi connectivity index (χ3v) is 4.27. The number of methoxy groups -OCH3 is 1. The van der Waals surface area contributed by atoms with Crippen LogP contribution in [0.2, 0.25) is 5.02 Å². The minimum absolute atomic E-state index is 0.133. The summed E-state index contributed by atoms with van der Waals surface area (Å²) >= 11 is 6.00. The van der Waals surface area contributed by atoms with E-state index >= 15 is 0 Å². The molecule has 0 fully saturated rings. The Bertz CT molecular complexity index is 897. The number of rotatable bonds is 6. The number of hydrogen-bond donors (Lipinski definition) is 1. The van der Waals surface area contributed by atoms with Crippen LogP contribution in [0.4, 0.5) is 10.1 Å². The van der Waals surface area contributed by atoms with Gasteiger partial charge in [0.1, 0.15) is 11.6 Å². The summed E-state index contributed by atoms with van der Waals surface area (Å²) in [6.45, 7) is 0. The van der Waals surface area contributed by atoms with Gasteiger partial charge in [-0.1, -0.05) is 23.7 Å². The number of nitrogens with zero attached hydrogens (tertiary/aromatic N) is 1. The average Bonchev–Trinajstić information content (AvgIpc) is 3.14. The molecule has 26 heavy (non-hydrogen) atoms. The summed E-state index contributed by atoms with van der Waals surface area (Å²) in [4.78, 5) is 12.6. The molecular formula is C20H18ClFN2O2. The van der Waals surface area contributed by atoms with E-state index in [1.807, 2.05) is 29.1 Å². The Morgan fingerprint density at radius 3 is 2.65 bits per heavy atom. The first-order chi connectivity index (χ1) is 12.6. The van der Waals surface area contributed by atoms with E-state index < -0.39 is 0 Å². The molecule has 0 radical (unpaired) electrons. The van der Waals surface area contributed by atoms with E-state index in [-0.39, 0.29) is 24.2 Å². The SMILES string of the molecule is COc1ccc(Cl)cc1NC(=O)C[C@@H](c1cccc(F)c1)n1cccc1. The summed E-state index contributed by atoms with van der Waals surface area (Å²) in [5, 5.41) is 3.32. The third-order valence-electron chi connectivity index (χ3n) is 4.04. The second-order valence-corrected chi connectivity index (χ2v) is 6.23. The Hall–Kier alpha value is -2.79. The van der Waals surface area contributed by atoms with Gasteiger partial charge in [0, 0.05) is 17.4 Å². The van der Waals surface area contributed by atoms with Crippen LogP contribution in [0.5, 0.6) is 5.75 Å². The van der Waals surface area contributed by atoms with Gasteiger partial charge in [-0.2, -0.15) is 0 Å². The fourth-order valence-electron chi connectivity index (χ4n) is 2.82. The van der Waals surface area contributed by atoms with Crippen molar-refractivity contribution in [2.24, 2.45) is 0 Å². The molecule has 1 heterocycles. The molecule has 1 atom stereocenters. The highest BCUT2D eigenvalue weighted by atomic mass is 35.5. The number of hydrogen-bond acceptors (Lipinski definition) is 2. The molecule has 4 nitrogen and oxygen atoms in total. The van der Waals surface area contributed by atoms with E-state index in [1.54, 1.807) is 30.3 Å². The predicted octanol–water partition coefficient (Wildman–Crippen LogP) is 4.91. The summed E-state index contributed by atoms with van der Waals surface area (Å²) in [5.74, 6) is -0.0453. The molecule has 0 aliphatic rings. The molecule has 0 saturated carbocycles. The molecule has 2 aromatic carbocycles. The van der Waals surface area contributed by atoms with Gasteiger partial charge in [0.2, 0.25) is 5.91 Å². The summed E-state index contributed by atoms with van der Waals surface area (Å²) < 4.78 is 20.8. The third kappa shape index (κ3) is 4.24. The molecule has 3 rings (SSSR count). The lowest BCUT2D eigenvalue weighted by Crippen LogP contribution is -2.20. The zero-order valence-electron chi connectivity index (χ0n) is 14.2. The largest absolute Gasteiger partial charge is 0.495 e. The minimum atomic E-state index is -0.337. The number of benzene rings is 2. The molecule has 0 spiro atoms. The molecule has 0 unspecified atom stereocenters. The van der Waals surface area contributed by atoms with Crippen LogP contribution in [0.1, 0.15) is 18.0 Å². The second-order valence-electron chi connectivity index (χ2n) is 5.80. The number of carbonyl (C=O) groups excluding carboxylic acids is 1. The molecule has 6 heteroatoms. The Balaban J connectivity index is 1.83. The van der Waals surface area contributed by atoms with Gasteiger partial charge in [-0.15, -0.1) is 0 Å². The van der Waals surface area contributed by atoms with E-state index in [9.17, 15) is 9.18 Å². The minimum Gasteiger partial charge on any atom is -0.495 e. The maximum atomic E-state index is 13.7. The topological polar surface area (TPSA) is 43.3 Å². The summed E-state index contributed by atoms with van der Waals surface area (Å²) in [7, 11) is 1.52. The van der Waals surface area contributed by atoms with Crippen LogP contribution in [0.25, 0.3) is 0 Å². The summed E-state index contributed by atoms with van der Waals surface area (Å²) in [6, 6.07) is 14.7. The van der Waals surface area contributed by atoms with Crippen molar-refractivity contribution in [2.45, 2.75) is 12.5 Å². The Kier molecular flexibility index (Phi) is 5.58. The van der Waals surface area contributed by atoms with Crippen LogP contribution < -0.4 is 10.1 Å². The van der Waals surface area contributed by atoms with Gasteiger partial charge in [-0.05, 0) is 48.0 Å². The maximum absolute atomic E-state index is 13.7. The quantitative estimate of drug-likeness (QED) is 0.668. The van der Waals surface area contributed by atoms with E-state index in [0.717, 1.165) is 5.56 Å². The van der Waals surface area contributed by atoms with Crippen molar-refractivity contribution >= 4 is 23.2 Å². The fraction of sp³-hybridized carbons (Fsp3) is 0.150. The maximum Gasteiger partial charge on any atom is 0.226 e. The standard InChI is InChI=1S/C20H18ClFN2O2/c1-26-19-8-7-15(21)12-17(19)23-20(25)13-18(24-9-2-3-10-24)14-5-4-6-16(22)11-14/h2-12,18H,13H2,1H3,(H,23,25)/t18-/m0/s1. The smallest absolute Gasteiger partial charge is 0.226 e. The van der Waals surface area contributed by atoms with Crippen molar-refractivity contribution in [1.29, 1.82) is 0 Å². The molecular weight excluding hydrogens is 355 g/mol. The summed E-state index contributed by atoms with van der Waals surface area (Å²) in [6.07, 6.45) is 3.83. The van der Waals surface area contributed by atoms with Crippen LogP contribution in [-0.4, -0.2) is 17.6 Å². The van der Waals surface area contributed by atoms with Crippen LogP contribution in [0, 0.1) is 5.82 Å². The molecule has 1 amide bonds. The Morgan fingerprint density at radius 1 is 1.19 bits per heavy atom. The van der Waals surface area contributed by atoms with E-state index in [1.165, 1.54) is 19.2 Å². The lowest BCUT2D eigenvalue weighted by atomic mass is 10.0. The van der Waals surface area contributed by atoms with Crippen molar-refractivity contribution in [1.82, 2.24) is 4.57 Å². The second kappa shape index (κ2) is 8.06. The van der Waals surface area contributed by atoms with Crippen molar-refractivity contribution in [2.75, 3.05) is 12.4 Å². The van der Waals surface area contributed by atoms with Crippen LogP contribution >= 0.6 is 11.6 Å². The van der Waals surface area contributed by atoms with Crippen molar-refractivity contribution in [3.05, 3.63) is 83.4 Å². The first-order valence-electron chi connectivity index (χ1n) is 8.08. The zero-order chi connectivity index (χ0) is 18.5. The van der Waals surface area contributed by atoms with Gasteiger partial charge in [0.25, 0.3) is 0 Å². The number of anilines is 1. The van der Waals surface area contributed by atoms with Gasteiger partial charge in [0.15, 0.2) is 0 Å². The molecule has 3 aromatic rings. The van der Waals surface area contributed by atoms with Crippen molar-refractivity contribution in [3.8, 4) is 5.75 Å². The van der Waals surface area contributed by atoms with E-state index in [2.05, 4.69) is 5.32 Å². The van der Waals surface area contributed by atoms with Crippen LogP contribution in [0.15, 0.2) is 67.0 Å². The highest BCUT2D eigenvalue weighted by Crippen LogP contribution is 2.29. The lowest BCUT2D eigenvalue weighted by Gasteiger charge is -2.20. The van der Waals surface area contributed by atoms with Crippen molar-refractivity contribution in [3.63, 3.8) is 0 Å². The first-order valence-corrected chi connectivity index (χ1v) is 8.46. The molecule has 1 aromatic heterocycles. The number of ether oxygens (including phenoxy) is 1. The molecule has 0 aliphatic carbocycles. The van der Waals surface area contributed by atoms with Crippen molar-refractivity contribution < 1.29 is 13.9 Å². The number of aromatic nitrogens is 1. The summed E-state index contributed by atoms with van der Waals surface area (Å²) in [5.41, 5.74) is 1.21. The first kappa shape index (κ1) is 18.0. The number of halogens is 2. The average molecular weight is 373 g/mol. The van der Waals surface area contributed by atoms with Gasteiger partial charge in [-0.25, -0.2) is 4.39 Å². The number of carbonyl (C=O) groups is 1. The predicted molar refractivity (Wildman–Crippen MR) is 100 cm³/mol. The van der Waals surface area contributed by atoms with Gasteiger partial charge < -0.3 is 14.6 Å². The lowest BCUT2D eigenvalue weighted by molar-refractivity contribution is -0.116. The fourth-order valence-corrected chi connectivity index (χ4v) is 2.99. The van der Waals surface area contributed by atoms with Gasteiger partial charge >= 0.3 is 0 Å². The van der Waals surface area contributed by atoms with Crippen LogP contribution in [0.3, 0.4) is 0 Å². The van der Waals surface area contributed by atoms with Gasteiger partial charge in [0.05, 0.1) is 25.3 Å². The van der Waals surface area contributed by atoms with E-state index in [0.29, 0.717) is 16.5 Å². The molecule has 134 valence electrons. The molecule has 1 N–H and O–H groups in total.